The summed E-state index contributed by atoms with van der Waals surface area (Å²) in [5.41, 5.74) is -0.503. The van der Waals surface area contributed by atoms with Crippen molar-refractivity contribution in [2.24, 2.45) is 11.8 Å². The number of fused-ring (bicyclic) bond motifs is 2. The van der Waals surface area contributed by atoms with Gasteiger partial charge in [-0.15, -0.1) is 0 Å². The Morgan fingerprint density at radius 2 is 2.00 bits per heavy atom. The molecule has 7 heteroatoms. The van der Waals surface area contributed by atoms with Gasteiger partial charge in [-0.2, -0.15) is 0 Å². The molecule has 2 heterocycles. The van der Waals surface area contributed by atoms with Gasteiger partial charge in [0.25, 0.3) is 0 Å². The molecule has 1 aromatic carbocycles. The molecular weight excluding hydrogens is 314 g/mol. The molecule has 2 aliphatic rings. The van der Waals surface area contributed by atoms with E-state index in [0.717, 1.165) is 0 Å². The Kier molecular flexibility index (Phi) is 3.88. The van der Waals surface area contributed by atoms with Gasteiger partial charge in [-0.05, 0) is 19.1 Å². The van der Waals surface area contributed by atoms with Gasteiger partial charge in [0, 0.05) is 0 Å². The fraction of sp³-hybridized carbons (Fsp3) is 0.353. The van der Waals surface area contributed by atoms with Crippen molar-refractivity contribution in [1.29, 1.82) is 0 Å². The minimum Gasteiger partial charge on any atom is -0.481 e. The molecule has 0 unspecified atom stereocenters. The summed E-state index contributed by atoms with van der Waals surface area (Å²) in [6, 6.07) is 6.39. The van der Waals surface area contributed by atoms with Crippen LogP contribution in [-0.2, 0) is 19.1 Å². The Balaban J connectivity index is 1.89. The maximum Gasteiger partial charge on any atom is 0.339 e. The molecule has 126 valence electrons. The molecule has 0 aliphatic carbocycles. The molecule has 2 bridgehead atoms. The number of carboxylic acids is 1. The number of amides is 1. The maximum atomic E-state index is 12.7. The molecule has 0 aromatic heterocycles. The van der Waals surface area contributed by atoms with Crippen LogP contribution in [0.5, 0.6) is 0 Å². The highest BCUT2D eigenvalue weighted by molar-refractivity contribution is 6.03. The van der Waals surface area contributed by atoms with E-state index in [1.54, 1.807) is 37.3 Å². The largest absolute Gasteiger partial charge is 0.481 e. The Hall–Kier alpha value is -2.67. The average Bonchev–Trinajstić information content (AvgIpc) is 3.07. The lowest BCUT2D eigenvalue weighted by Crippen LogP contribution is -2.44. The molecular formula is C17H17NO6. The van der Waals surface area contributed by atoms with Crippen LogP contribution in [0.15, 0.2) is 36.4 Å². The predicted octanol–water partition coefficient (Wildman–Crippen LogP) is 1.46. The summed E-state index contributed by atoms with van der Waals surface area (Å²) in [4.78, 5) is 36.1. The molecule has 0 saturated carbocycles. The molecule has 0 spiro atoms. The van der Waals surface area contributed by atoms with Gasteiger partial charge in [-0.3, -0.25) is 9.59 Å². The minimum absolute atomic E-state index is 0.199. The number of ether oxygens (including phenoxy) is 2. The summed E-state index contributed by atoms with van der Waals surface area (Å²) in [5.74, 6) is -4.04. The van der Waals surface area contributed by atoms with Crippen LogP contribution < -0.4 is 5.32 Å². The van der Waals surface area contributed by atoms with E-state index in [9.17, 15) is 19.5 Å². The van der Waals surface area contributed by atoms with Gasteiger partial charge < -0.3 is 19.9 Å². The highest BCUT2D eigenvalue weighted by Crippen LogP contribution is 2.47. The van der Waals surface area contributed by atoms with Crippen molar-refractivity contribution < 1.29 is 29.0 Å². The summed E-state index contributed by atoms with van der Waals surface area (Å²) < 4.78 is 10.4. The number of carboxylic acid groups (broad SMARTS) is 1. The first-order valence-corrected chi connectivity index (χ1v) is 7.45. The third kappa shape index (κ3) is 2.46. The molecule has 0 radical (unpaired) electrons. The molecule has 7 nitrogen and oxygen atoms in total. The zero-order valence-corrected chi connectivity index (χ0v) is 13.2. The standard InChI is InChI=1S/C17H17NO6/c1-17-8-7-11(24-17)12(15(20)21)13(17)14(19)18-10-6-4-3-5-9(10)16(22)23-2/h3-8,11-13H,1-2H3,(H,18,19)(H,20,21)/t11-,12-,13-,17-/m1/s1. The minimum atomic E-state index is -1.09. The van der Waals surface area contributed by atoms with E-state index in [-0.39, 0.29) is 11.3 Å². The van der Waals surface area contributed by atoms with Crippen molar-refractivity contribution in [3.8, 4) is 0 Å². The van der Waals surface area contributed by atoms with Gasteiger partial charge in [0.1, 0.15) is 5.92 Å². The number of methoxy groups -OCH3 is 1. The van der Waals surface area contributed by atoms with Crippen LogP contribution in [0.25, 0.3) is 0 Å². The first-order valence-electron chi connectivity index (χ1n) is 7.45. The van der Waals surface area contributed by atoms with E-state index in [0.29, 0.717) is 0 Å². The quantitative estimate of drug-likeness (QED) is 0.640. The Labute approximate surface area is 138 Å². The number of hydrogen-bond donors (Lipinski definition) is 2. The van der Waals surface area contributed by atoms with E-state index in [1.807, 2.05) is 0 Å². The monoisotopic (exact) mass is 331 g/mol. The zero-order chi connectivity index (χ0) is 17.5. The maximum absolute atomic E-state index is 12.7. The smallest absolute Gasteiger partial charge is 0.339 e. The van der Waals surface area contributed by atoms with Gasteiger partial charge in [0.05, 0.1) is 36.0 Å². The van der Waals surface area contributed by atoms with Crippen LogP contribution in [0.3, 0.4) is 0 Å². The topological polar surface area (TPSA) is 102 Å². The third-order valence-corrected chi connectivity index (χ3v) is 4.50. The number of nitrogens with one attached hydrogen (secondary N) is 1. The van der Waals surface area contributed by atoms with Crippen LogP contribution >= 0.6 is 0 Å². The second-order valence-electron chi connectivity index (χ2n) is 5.99. The van der Waals surface area contributed by atoms with Crippen molar-refractivity contribution in [3.63, 3.8) is 0 Å². The molecule has 1 fully saturated rings. The zero-order valence-electron chi connectivity index (χ0n) is 13.2. The Morgan fingerprint density at radius 1 is 1.29 bits per heavy atom. The van der Waals surface area contributed by atoms with Gasteiger partial charge in [-0.1, -0.05) is 24.3 Å². The van der Waals surface area contributed by atoms with E-state index < -0.39 is 41.4 Å². The van der Waals surface area contributed by atoms with Gasteiger partial charge in [-0.25, -0.2) is 4.79 Å². The lowest BCUT2D eigenvalue weighted by atomic mass is 9.75. The van der Waals surface area contributed by atoms with Gasteiger partial charge in [0.15, 0.2) is 0 Å². The van der Waals surface area contributed by atoms with Crippen LogP contribution in [0.4, 0.5) is 5.69 Å². The second kappa shape index (κ2) is 5.76. The van der Waals surface area contributed by atoms with Crippen LogP contribution in [0, 0.1) is 11.8 Å². The van der Waals surface area contributed by atoms with Crippen LogP contribution in [0.2, 0.25) is 0 Å². The number of para-hydroxylation sites is 1. The fourth-order valence-electron chi connectivity index (χ4n) is 3.37. The first kappa shape index (κ1) is 16.2. The van der Waals surface area contributed by atoms with E-state index >= 15 is 0 Å². The summed E-state index contributed by atoms with van der Waals surface area (Å²) in [5, 5.41) is 12.1. The number of benzene rings is 1. The van der Waals surface area contributed by atoms with E-state index in [2.05, 4.69) is 5.32 Å². The van der Waals surface area contributed by atoms with Crippen molar-refractivity contribution >= 4 is 23.5 Å². The lowest BCUT2D eigenvalue weighted by Gasteiger charge is -2.28. The number of rotatable bonds is 4. The van der Waals surface area contributed by atoms with Crippen molar-refractivity contribution in [2.45, 2.75) is 18.6 Å². The summed E-state index contributed by atoms with van der Waals surface area (Å²) in [7, 11) is 1.25. The molecule has 1 aromatic rings. The highest BCUT2D eigenvalue weighted by Gasteiger charge is 2.59. The van der Waals surface area contributed by atoms with E-state index in [4.69, 9.17) is 9.47 Å². The number of aliphatic carboxylic acids is 1. The lowest BCUT2D eigenvalue weighted by molar-refractivity contribution is -0.146. The van der Waals surface area contributed by atoms with Crippen molar-refractivity contribution in [3.05, 3.63) is 42.0 Å². The molecule has 1 amide bonds. The number of esters is 1. The summed E-state index contributed by atoms with van der Waals surface area (Å²) >= 11 is 0. The molecule has 2 aliphatic heterocycles. The molecule has 24 heavy (non-hydrogen) atoms. The summed E-state index contributed by atoms with van der Waals surface area (Å²) in [6.45, 7) is 1.68. The van der Waals surface area contributed by atoms with Crippen molar-refractivity contribution in [1.82, 2.24) is 0 Å². The Morgan fingerprint density at radius 3 is 2.67 bits per heavy atom. The van der Waals surface area contributed by atoms with E-state index in [1.165, 1.54) is 13.2 Å². The predicted molar refractivity (Wildman–Crippen MR) is 83.4 cm³/mol. The number of anilines is 1. The second-order valence-corrected chi connectivity index (χ2v) is 5.99. The number of hydrogen-bond acceptors (Lipinski definition) is 5. The first-order chi connectivity index (χ1) is 11.4. The SMILES string of the molecule is COC(=O)c1ccccc1NC(=O)[C@H]1[C@H](C(=O)O)[C@H]2C=C[C@@]1(C)O2. The summed E-state index contributed by atoms with van der Waals surface area (Å²) in [6.07, 6.45) is 2.76. The molecule has 4 atom stereocenters. The van der Waals surface area contributed by atoms with Crippen LogP contribution in [-0.4, -0.2) is 41.8 Å². The molecule has 2 N–H and O–H groups in total. The fourth-order valence-corrected chi connectivity index (χ4v) is 3.37. The molecule has 1 saturated heterocycles. The third-order valence-electron chi connectivity index (χ3n) is 4.50. The highest BCUT2D eigenvalue weighted by atomic mass is 16.5. The van der Waals surface area contributed by atoms with Crippen LogP contribution in [0.1, 0.15) is 17.3 Å². The molecule has 3 rings (SSSR count). The normalized spacial score (nSPS) is 30.2. The van der Waals surface area contributed by atoms with Gasteiger partial charge >= 0.3 is 11.9 Å². The van der Waals surface area contributed by atoms with Gasteiger partial charge in [0.2, 0.25) is 5.91 Å². The average molecular weight is 331 g/mol. The number of carbonyl (C=O) groups excluding carboxylic acids is 2. The number of carbonyl (C=O) groups is 3. The van der Waals surface area contributed by atoms with Crippen molar-refractivity contribution in [2.75, 3.05) is 12.4 Å². The Bertz CT molecular complexity index is 742.